The third-order valence-corrected chi connectivity index (χ3v) is 4.80. The van der Waals surface area contributed by atoms with Crippen molar-refractivity contribution in [2.45, 2.75) is 18.7 Å². The highest BCUT2D eigenvalue weighted by atomic mass is 32.2. The van der Waals surface area contributed by atoms with Crippen LogP contribution in [0.4, 0.5) is 5.69 Å². The number of para-hydroxylation sites is 1. The molecule has 1 amide bonds. The highest BCUT2D eigenvalue weighted by Gasteiger charge is 2.65. The molecule has 0 aliphatic heterocycles. The van der Waals surface area contributed by atoms with Gasteiger partial charge >= 0.3 is 5.97 Å². The average Bonchev–Trinajstić information content (AvgIpc) is 2.92. The van der Waals surface area contributed by atoms with Crippen LogP contribution in [0.2, 0.25) is 0 Å². The van der Waals surface area contributed by atoms with Crippen LogP contribution in [0.1, 0.15) is 13.8 Å². The van der Waals surface area contributed by atoms with Crippen molar-refractivity contribution in [1.82, 2.24) is 0 Å². The molecule has 1 aliphatic carbocycles. The molecule has 0 radical (unpaired) electrons. The van der Waals surface area contributed by atoms with Crippen molar-refractivity contribution < 1.29 is 23.1 Å². The fourth-order valence-electron chi connectivity index (χ4n) is 2.62. The lowest BCUT2D eigenvalue weighted by Crippen LogP contribution is -2.21. The maximum Gasteiger partial charge on any atom is 0.307 e. The van der Waals surface area contributed by atoms with Crippen molar-refractivity contribution >= 4 is 27.6 Å². The van der Waals surface area contributed by atoms with Crippen LogP contribution in [0, 0.1) is 17.3 Å². The number of hydrogen-bond donors (Lipinski definition) is 3. The number of hydrogen-bond acceptors (Lipinski definition) is 4. The first-order valence-corrected chi connectivity index (χ1v) is 7.77. The van der Waals surface area contributed by atoms with E-state index >= 15 is 0 Å². The number of carbonyl (C=O) groups is 2. The normalized spacial score (nSPS) is 23.4. The number of nitrogens with one attached hydrogen (secondary N) is 1. The number of nitrogens with two attached hydrogens (primary N) is 1. The van der Waals surface area contributed by atoms with E-state index in [0.29, 0.717) is 0 Å². The lowest BCUT2D eigenvalue weighted by molar-refractivity contribution is -0.140. The van der Waals surface area contributed by atoms with Gasteiger partial charge in [-0.25, -0.2) is 13.6 Å². The Balaban J connectivity index is 2.25. The highest BCUT2D eigenvalue weighted by Crippen LogP contribution is 2.58. The maximum absolute atomic E-state index is 12.2. The second-order valence-electron chi connectivity index (χ2n) is 5.65. The van der Waals surface area contributed by atoms with Gasteiger partial charge in [0.15, 0.2) is 0 Å². The summed E-state index contributed by atoms with van der Waals surface area (Å²) in [6.07, 6.45) is 0. The van der Waals surface area contributed by atoms with Crippen molar-refractivity contribution in [3.8, 4) is 0 Å². The summed E-state index contributed by atoms with van der Waals surface area (Å²) in [7, 11) is -3.97. The Bertz CT molecular complexity index is 711. The Labute approximate surface area is 122 Å². The largest absolute Gasteiger partial charge is 0.481 e. The van der Waals surface area contributed by atoms with Gasteiger partial charge in [-0.2, -0.15) is 0 Å². The molecule has 0 bridgehead atoms. The van der Waals surface area contributed by atoms with Crippen LogP contribution in [-0.4, -0.2) is 25.4 Å². The number of carbonyl (C=O) groups excluding carboxylic acids is 1. The zero-order chi connectivity index (χ0) is 16.0. The lowest BCUT2D eigenvalue weighted by atomic mass is 10.1. The van der Waals surface area contributed by atoms with Crippen LogP contribution in [0.15, 0.2) is 29.2 Å². The number of rotatable bonds is 4. The summed E-state index contributed by atoms with van der Waals surface area (Å²) in [6.45, 7) is 3.36. The van der Waals surface area contributed by atoms with Gasteiger partial charge in [0.05, 0.1) is 17.5 Å². The zero-order valence-corrected chi connectivity index (χ0v) is 12.3. The van der Waals surface area contributed by atoms with Crippen molar-refractivity contribution in [2.24, 2.45) is 22.4 Å². The van der Waals surface area contributed by atoms with Crippen LogP contribution < -0.4 is 10.5 Å². The molecule has 0 unspecified atom stereocenters. The predicted molar refractivity (Wildman–Crippen MR) is 74.8 cm³/mol. The Kier molecular flexibility index (Phi) is 3.54. The fraction of sp³-hybridized carbons (Fsp3) is 0.385. The zero-order valence-electron chi connectivity index (χ0n) is 11.5. The number of sulfonamides is 1. The molecule has 2 atom stereocenters. The summed E-state index contributed by atoms with van der Waals surface area (Å²) >= 11 is 0. The highest BCUT2D eigenvalue weighted by molar-refractivity contribution is 7.89. The van der Waals surface area contributed by atoms with E-state index in [1.807, 2.05) is 0 Å². The first-order chi connectivity index (χ1) is 9.56. The number of carboxylic acids is 1. The third kappa shape index (κ3) is 2.77. The Hall–Kier alpha value is -1.93. The molecule has 8 heteroatoms. The monoisotopic (exact) mass is 312 g/mol. The number of amides is 1. The van der Waals surface area contributed by atoms with Crippen LogP contribution in [0.25, 0.3) is 0 Å². The van der Waals surface area contributed by atoms with Crippen LogP contribution in [0.3, 0.4) is 0 Å². The van der Waals surface area contributed by atoms with Crippen molar-refractivity contribution in [2.75, 3.05) is 5.32 Å². The summed E-state index contributed by atoms with van der Waals surface area (Å²) in [5.41, 5.74) is -0.608. The van der Waals surface area contributed by atoms with Crippen LogP contribution in [0.5, 0.6) is 0 Å². The van der Waals surface area contributed by atoms with E-state index in [0.717, 1.165) is 0 Å². The molecule has 21 heavy (non-hydrogen) atoms. The summed E-state index contributed by atoms with van der Waals surface area (Å²) < 4.78 is 22.9. The minimum atomic E-state index is -3.97. The summed E-state index contributed by atoms with van der Waals surface area (Å²) in [5, 5.41) is 16.6. The van der Waals surface area contributed by atoms with Gasteiger partial charge in [0.1, 0.15) is 4.90 Å². The molecule has 4 N–H and O–H groups in total. The summed E-state index contributed by atoms with van der Waals surface area (Å²) in [6, 6.07) is 5.72. The van der Waals surface area contributed by atoms with Gasteiger partial charge in [0, 0.05) is 0 Å². The van der Waals surface area contributed by atoms with Gasteiger partial charge in [0.25, 0.3) is 0 Å². The molecule has 7 nitrogen and oxygen atoms in total. The standard InChI is InChI=1S/C13H16N2O5S/c1-13(2)9(10(13)12(17)18)11(16)15-7-5-3-4-6-8(7)21(14,19)20/h3-6,9-10H,1-2H3,(H,15,16)(H,17,18)(H2,14,19,20)/t9-,10+/m1/s1. The molecule has 1 fully saturated rings. The van der Waals surface area contributed by atoms with Gasteiger partial charge in [-0.05, 0) is 17.5 Å². The second-order valence-corrected chi connectivity index (χ2v) is 7.18. The van der Waals surface area contributed by atoms with Gasteiger partial charge < -0.3 is 10.4 Å². The SMILES string of the molecule is CC1(C)[C@H](C(=O)O)[C@@H]1C(=O)Nc1ccccc1S(N)(=O)=O. The number of carboxylic acid groups (broad SMARTS) is 1. The van der Waals surface area contributed by atoms with Crippen molar-refractivity contribution in [3.05, 3.63) is 24.3 Å². The fourth-order valence-corrected chi connectivity index (χ4v) is 3.31. The van der Waals surface area contributed by atoms with Gasteiger partial charge in [-0.3, -0.25) is 9.59 Å². The smallest absolute Gasteiger partial charge is 0.307 e. The second kappa shape index (κ2) is 4.81. The Morgan fingerprint density at radius 2 is 1.81 bits per heavy atom. The van der Waals surface area contributed by atoms with E-state index in [9.17, 15) is 18.0 Å². The minimum absolute atomic E-state index is 0.0526. The lowest BCUT2D eigenvalue weighted by Gasteiger charge is -2.10. The van der Waals surface area contributed by atoms with Gasteiger partial charge in [-0.1, -0.05) is 26.0 Å². The Morgan fingerprint density at radius 1 is 1.24 bits per heavy atom. The summed E-state index contributed by atoms with van der Waals surface area (Å²) in [4.78, 5) is 23.0. The van der Waals surface area contributed by atoms with E-state index in [2.05, 4.69) is 5.32 Å². The minimum Gasteiger partial charge on any atom is -0.481 e. The molecule has 1 aromatic carbocycles. The molecule has 1 saturated carbocycles. The van der Waals surface area contributed by atoms with E-state index in [-0.39, 0.29) is 10.6 Å². The molecule has 0 spiro atoms. The third-order valence-electron chi connectivity index (χ3n) is 3.83. The molecular weight excluding hydrogens is 296 g/mol. The van der Waals surface area contributed by atoms with Crippen LogP contribution in [-0.2, 0) is 19.6 Å². The molecule has 0 aromatic heterocycles. The van der Waals surface area contributed by atoms with E-state index in [4.69, 9.17) is 10.2 Å². The van der Waals surface area contributed by atoms with E-state index in [1.165, 1.54) is 18.2 Å². The molecule has 1 aromatic rings. The maximum atomic E-state index is 12.2. The Morgan fingerprint density at radius 3 is 2.29 bits per heavy atom. The molecule has 2 rings (SSSR count). The summed E-state index contributed by atoms with van der Waals surface area (Å²) in [5.74, 6) is -3.05. The molecule has 1 aliphatic rings. The van der Waals surface area contributed by atoms with E-state index < -0.39 is 39.2 Å². The first kappa shape index (κ1) is 15.5. The molecule has 114 valence electrons. The average molecular weight is 312 g/mol. The quantitative estimate of drug-likeness (QED) is 0.751. The number of benzene rings is 1. The topological polar surface area (TPSA) is 127 Å². The van der Waals surface area contributed by atoms with Crippen molar-refractivity contribution in [1.29, 1.82) is 0 Å². The van der Waals surface area contributed by atoms with E-state index in [1.54, 1.807) is 19.9 Å². The first-order valence-electron chi connectivity index (χ1n) is 6.22. The number of aliphatic carboxylic acids is 1. The molecule has 0 heterocycles. The molecular formula is C13H16N2O5S. The molecule has 0 saturated heterocycles. The predicted octanol–water partition coefficient (Wildman–Crippen LogP) is 0.629. The number of primary sulfonamides is 1. The van der Waals surface area contributed by atoms with Crippen LogP contribution >= 0.6 is 0 Å². The number of anilines is 1. The van der Waals surface area contributed by atoms with Gasteiger partial charge in [0.2, 0.25) is 15.9 Å². The van der Waals surface area contributed by atoms with Crippen molar-refractivity contribution in [3.63, 3.8) is 0 Å². The van der Waals surface area contributed by atoms with Gasteiger partial charge in [-0.15, -0.1) is 0 Å².